The predicted octanol–water partition coefficient (Wildman–Crippen LogP) is 3.29. The zero-order valence-corrected chi connectivity index (χ0v) is 11.6. The van der Waals surface area contributed by atoms with Crippen molar-refractivity contribution in [2.45, 2.75) is 18.8 Å². The topological polar surface area (TPSA) is 104 Å². The second-order valence-electron chi connectivity index (χ2n) is 4.71. The summed E-state index contributed by atoms with van der Waals surface area (Å²) in [5.74, 6) is 1.25. The summed E-state index contributed by atoms with van der Waals surface area (Å²) in [5, 5.41) is 11.2. The van der Waals surface area contributed by atoms with E-state index in [1.165, 1.54) is 24.3 Å². The molecule has 1 fully saturated rings. The first kappa shape index (κ1) is 13.6. The van der Waals surface area contributed by atoms with Gasteiger partial charge in [-0.3, -0.25) is 10.1 Å². The lowest BCUT2D eigenvalue weighted by Crippen LogP contribution is -2.01. The molecule has 0 atom stereocenters. The molecule has 0 amide bonds. The molecule has 8 heteroatoms. The van der Waals surface area contributed by atoms with E-state index in [1.54, 1.807) is 0 Å². The van der Waals surface area contributed by atoms with Crippen LogP contribution in [0.1, 0.15) is 24.6 Å². The maximum atomic E-state index is 11.0. The Bertz CT molecular complexity index is 719. The molecule has 1 aliphatic carbocycles. The smallest absolute Gasteiger partial charge is 0.313 e. The van der Waals surface area contributed by atoms with E-state index >= 15 is 0 Å². The Morgan fingerprint density at radius 3 is 2.81 bits per heavy atom. The fourth-order valence-corrected chi connectivity index (χ4v) is 2.09. The van der Waals surface area contributed by atoms with Crippen LogP contribution in [0, 0.1) is 10.1 Å². The molecule has 2 N–H and O–H groups in total. The summed E-state index contributed by atoms with van der Waals surface area (Å²) in [6.07, 6.45) is 2.02. The van der Waals surface area contributed by atoms with Crippen molar-refractivity contribution in [1.82, 2.24) is 9.97 Å². The van der Waals surface area contributed by atoms with Gasteiger partial charge in [-0.05, 0) is 18.9 Å². The first-order chi connectivity index (χ1) is 10.0. The number of hydrogen-bond acceptors (Lipinski definition) is 6. The van der Waals surface area contributed by atoms with Gasteiger partial charge in [-0.1, -0.05) is 17.7 Å². The van der Waals surface area contributed by atoms with E-state index in [-0.39, 0.29) is 34.1 Å². The fraction of sp³-hybridized carbons (Fsp3) is 0.231. The van der Waals surface area contributed by atoms with Crippen molar-refractivity contribution in [3.63, 3.8) is 0 Å². The number of nitro benzene ring substituents is 1. The Kier molecular flexibility index (Phi) is 3.34. The first-order valence-electron chi connectivity index (χ1n) is 6.30. The molecule has 0 spiro atoms. The van der Waals surface area contributed by atoms with Gasteiger partial charge >= 0.3 is 5.69 Å². The molecule has 1 aromatic heterocycles. The van der Waals surface area contributed by atoms with E-state index in [0.29, 0.717) is 5.82 Å². The summed E-state index contributed by atoms with van der Waals surface area (Å²) < 4.78 is 5.50. The van der Waals surface area contributed by atoms with Gasteiger partial charge in [0.15, 0.2) is 0 Å². The molecule has 1 heterocycles. The Morgan fingerprint density at radius 2 is 2.14 bits per heavy atom. The summed E-state index contributed by atoms with van der Waals surface area (Å²) >= 11 is 5.97. The summed E-state index contributed by atoms with van der Waals surface area (Å²) in [6, 6.07) is 5.72. The van der Waals surface area contributed by atoms with Crippen LogP contribution in [0.4, 0.5) is 11.5 Å². The lowest BCUT2D eigenvalue weighted by Gasteiger charge is -2.08. The number of nitro groups is 1. The standard InChI is InChI=1S/C13H11ClN4O3/c14-8-2-1-3-9(18(19)20)12(8)21-11-6-10(15)16-13(17-11)7-4-5-7/h1-3,6-7H,4-5H2,(H2,15,16,17). The van der Waals surface area contributed by atoms with Gasteiger partial charge in [-0.2, -0.15) is 4.98 Å². The average molecular weight is 307 g/mol. The number of rotatable bonds is 4. The number of nitrogens with two attached hydrogens (primary N) is 1. The third-order valence-electron chi connectivity index (χ3n) is 3.03. The second-order valence-corrected chi connectivity index (χ2v) is 5.12. The van der Waals surface area contributed by atoms with Crippen LogP contribution in [0.2, 0.25) is 5.02 Å². The van der Waals surface area contributed by atoms with Crippen molar-refractivity contribution in [2.24, 2.45) is 0 Å². The van der Waals surface area contributed by atoms with Crippen LogP contribution in [0.25, 0.3) is 0 Å². The molecule has 7 nitrogen and oxygen atoms in total. The number of anilines is 1. The summed E-state index contributed by atoms with van der Waals surface area (Å²) in [7, 11) is 0. The Labute approximate surface area is 124 Å². The minimum absolute atomic E-state index is 0.0518. The Morgan fingerprint density at radius 1 is 1.38 bits per heavy atom. The number of para-hydroxylation sites is 1. The van der Waals surface area contributed by atoms with Gasteiger partial charge < -0.3 is 10.5 Å². The van der Waals surface area contributed by atoms with Crippen LogP contribution < -0.4 is 10.5 Å². The molecule has 1 aliphatic rings. The van der Waals surface area contributed by atoms with Gasteiger partial charge in [0.1, 0.15) is 11.6 Å². The predicted molar refractivity (Wildman–Crippen MR) is 76.6 cm³/mol. The van der Waals surface area contributed by atoms with Crippen LogP contribution in [-0.4, -0.2) is 14.9 Å². The number of aromatic nitrogens is 2. The molecule has 0 radical (unpaired) electrons. The van der Waals surface area contributed by atoms with E-state index < -0.39 is 4.92 Å². The van der Waals surface area contributed by atoms with Crippen molar-refractivity contribution in [3.8, 4) is 11.6 Å². The van der Waals surface area contributed by atoms with Gasteiger partial charge in [0, 0.05) is 18.1 Å². The highest BCUT2D eigenvalue weighted by molar-refractivity contribution is 6.32. The van der Waals surface area contributed by atoms with Gasteiger partial charge in [0.2, 0.25) is 11.6 Å². The van der Waals surface area contributed by atoms with Gasteiger partial charge in [-0.15, -0.1) is 0 Å². The van der Waals surface area contributed by atoms with Crippen molar-refractivity contribution < 1.29 is 9.66 Å². The average Bonchev–Trinajstić information content (AvgIpc) is 3.24. The van der Waals surface area contributed by atoms with Crippen molar-refractivity contribution >= 4 is 23.1 Å². The zero-order valence-electron chi connectivity index (χ0n) is 10.8. The number of nitrogen functional groups attached to an aromatic ring is 1. The minimum atomic E-state index is -0.562. The van der Waals surface area contributed by atoms with Crippen LogP contribution >= 0.6 is 11.6 Å². The van der Waals surface area contributed by atoms with Crippen LogP contribution in [0.3, 0.4) is 0 Å². The highest BCUT2D eigenvalue weighted by Crippen LogP contribution is 2.41. The van der Waals surface area contributed by atoms with Crippen LogP contribution in [0.5, 0.6) is 11.6 Å². The zero-order chi connectivity index (χ0) is 15.0. The molecule has 0 bridgehead atoms. The third kappa shape index (κ3) is 2.87. The summed E-state index contributed by atoms with van der Waals surface area (Å²) in [5.41, 5.74) is 5.49. The quantitative estimate of drug-likeness (QED) is 0.686. The monoisotopic (exact) mass is 306 g/mol. The number of nitrogens with zero attached hydrogens (tertiary/aromatic N) is 3. The molecular weight excluding hydrogens is 296 g/mol. The van der Waals surface area contributed by atoms with E-state index in [9.17, 15) is 10.1 Å². The number of ether oxygens (including phenoxy) is 1. The fourth-order valence-electron chi connectivity index (χ4n) is 1.88. The highest BCUT2D eigenvalue weighted by Gasteiger charge is 2.28. The van der Waals surface area contributed by atoms with E-state index in [1.807, 2.05) is 0 Å². The maximum Gasteiger partial charge on any atom is 0.313 e. The van der Waals surface area contributed by atoms with Crippen LogP contribution in [0.15, 0.2) is 24.3 Å². The molecule has 2 aromatic rings. The molecule has 1 saturated carbocycles. The van der Waals surface area contributed by atoms with Crippen molar-refractivity contribution in [3.05, 3.63) is 45.2 Å². The maximum absolute atomic E-state index is 11.0. The molecule has 0 unspecified atom stereocenters. The molecule has 0 saturated heterocycles. The van der Waals surface area contributed by atoms with E-state index in [0.717, 1.165) is 12.8 Å². The van der Waals surface area contributed by atoms with E-state index in [2.05, 4.69) is 9.97 Å². The SMILES string of the molecule is Nc1cc(Oc2c(Cl)cccc2[N+](=O)[O-])nc(C2CC2)n1. The lowest BCUT2D eigenvalue weighted by atomic mass is 10.3. The lowest BCUT2D eigenvalue weighted by molar-refractivity contribution is -0.385. The largest absolute Gasteiger partial charge is 0.430 e. The van der Waals surface area contributed by atoms with Gasteiger partial charge in [0.05, 0.1) is 9.95 Å². The van der Waals surface area contributed by atoms with Crippen LogP contribution in [-0.2, 0) is 0 Å². The first-order valence-corrected chi connectivity index (χ1v) is 6.67. The second kappa shape index (κ2) is 5.17. The molecule has 108 valence electrons. The molecule has 21 heavy (non-hydrogen) atoms. The van der Waals surface area contributed by atoms with E-state index in [4.69, 9.17) is 22.1 Å². The number of halogens is 1. The molecule has 3 rings (SSSR count). The van der Waals surface area contributed by atoms with Crippen molar-refractivity contribution in [1.29, 1.82) is 0 Å². The minimum Gasteiger partial charge on any atom is -0.430 e. The summed E-state index contributed by atoms with van der Waals surface area (Å²) in [6.45, 7) is 0. The normalized spacial score (nSPS) is 14.0. The third-order valence-corrected chi connectivity index (χ3v) is 3.33. The molecule has 0 aliphatic heterocycles. The Hall–Kier alpha value is -2.41. The number of benzene rings is 1. The number of hydrogen-bond donors (Lipinski definition) is 1. The Balaban J connectivity index is 1.98. The van der Waals surface area contributed by atoms with Crippen molar-refractivity contribution in [2.75, 3.05) is 5.73 Å². The van der Waals surface area contributed by atoms with Gasteiger partial charge in [0.25, 0.3) is 0 Å². The molecule has 1 aromatic carbocycles. The summed E-state index contributed by atoms with van der Waals surface area (Å²) in [4.78, 5) is 18.8. The molecular formula is C13H11ClN4O3. The van der Waals surface area contributed by atoms with Gasteiger partial charge in [-0.25, -0.2) is 4.98 Å². The highest BCUT2D eigenvalue weighted by atomic mass is 35.5.